The van der Waals surface area contributed by atoms with Crippen LogP contribution in [0.3, 0.4) is 0 Å². The van der Waals surface area contributed by atoms with Crippen molar-refractivity contribution < 1.29 is 0 Å². The smallest absolute Gasteiger partial charge is 0.0376 e. The van der Waals surface area contributed by atoms with Gasteiger partial charge in [0.1, 0.15) is 0 Å². The highest BCUT2D eigenvalue weighted by molar-refractivity contribution is 5.89. The third kappa shape index (κ3) is 2.01. The molecule has 2 aromatic carbocycles. The lowest BCUT2D eigenvalue weighted by Gasteiger charge is -2.30. The molecule has 0 unspecified atom stereocenters. The lowest BCUT2D eigenvalue weighted by molar-refractivity contribution is 0.589. The fourth-order valence-corrected chi connectivity index (χ4v) is 2.59. The summed E-state index contributed by atoms with van der Waals surface area (Å²) in [6.45, 7) is 6.60. The Hall–Kier alpha value is -1.54. The van der Waals surface area contributed by atoms with Crippen molar-refractivity contribution in [2.24, 2.45) is 0 Å². The van der Waals surface area contributed by atoms with E-state index < -0.39 is 0 Å². The van der Waals surface area contributed by atoms with E-state index in [0.717, 1.165) is 26.2 Å². The van der Waals surface area contributed by atoms with Gasteiger partial charge in [-0.1, -0.05) is 24.3 Å². The first kappa shape index (κ1) is 10.6. The zero-order valence-corrected chi connectivity index (χ0v) is 10.2. The minimum atomic E-state index is 1.09. The molecule has 1 N–H and O–H groups in total. The third-order valence-corrected chi connectivity index (χ3v) is 3.54. The molecule has 2 nitrogen and oxygen atoms in total. The average Bonchev–Trinajstić information content (AvgIpc) is 2.40. The van der Waals surface area contributed by atoms with Gasteiger partial charge in [0.2, 0.25) is 0 Å². The molecule has 0 spiro atoms. The zero-order chi connectivity index (χ0) is 11.7. The van der Waals surface area contributed by atoms with E-state index in [-0.39, 0.29) is 0 Å². The van der Waals surface area contributed by atoms with Crippen LogP contribution in [0.2, 0.25) is 0 Å². The van der Waals surface area contributed by atoms with Gasteiger partial charge in [0, 0.05) is 31.9 Å². The maximum atomic E-state index is 3.39. The standard InChI is InChI=1S/C15H18N2/c1-12-10-14(17-8-6-16-7-9-17)11-13-4-2-3-5-15(12)13/h2-5,10-11,16H,6-9H2,1H3. The van der Waals surface area contributed by atoms with E-state index in [1.165, 1.54) is 22.0 Å². The first-order chi connectivity index (χ1) is 8.34. The van der Waals surface area contributed by atoms with Crippen LogP contribution in [-0.4, -0.2) is 26.2 Å². The summed E-state index contributed by atoms with van der Waals surface area (Å²) in [5, 5.41) is 6.11. The topological polar surface area (TPSA) is 15.3 Å². The van der Waals surface area contributed by atoms with Gasteiger partial charge in [-0.15, -0.1) is 0 Å². The summed E-state index contributed by atoms with van der Waals surface area (Å²) in [5.74, 6) is 0. The molecule has 0 saturated carbocycles. The van der Waals surface area contributed by atoms with Crippen molar-refractivity contribution in [1.82, 2.24) is 5.32 Å². The van der Waals surface area contributed by atoms with Crippen molar-refractivity contribution in [2.45, 2.75) is 6.92 Å². The molecule has 3 rings (SSSR count). The number of hydrogen-bond donors (Lipinski definition) is 1. The predicted molar refractivity (Wildman–Crippen MR) is 73.8 cm³/mol. The maximum absolute atomic E-state index is 3.39. The van der Waals surface area contributed by atoms with Gasteiger partial charge in [0.15, 0.2) is 0 Å². The monoisotopic (exact) mass is 226 g/mol. The van der Waals surface area contributed by atoms with Crippen molar-refractivity contribution in [3.63, 3.8) is 0 Å². The highest BCUT2D eigenvalue weighted by Gasteiger charge is 2.11. The molecule has 0 amide bonds. The Bertz CT molecular complexity index is 527. The van der Waals surface area contributed by atoms with E-state index in [9.17, 15) is 0 Å². The minimum Gasteiger partial charge on any atom is -0.369 e. The van der Waals surface area contributed by atoms with Crippen LogP contribution in [0.25, 0.3) is 10.8 Å². The molecule has 1 saturated heterocycles. The van der Waals surface area contributed by atoms with Gasteiger partial charge in [0.05, 0.1) is 0 Å². The Morgan fingerprint density at radius 1 is 1.06 bits per heavy atom. The van der Waals surface area contributed by atoms with E-state index in [0.29, 0.717) is 0 Å². The van der Waals surface area contributed by atoms with E-state index in [1.54, 1.807) is 0 Å². The van der Waals surface area contributed by atoms with Crippen LogP contribution in [0.1, 0.15) is 5.56 Å². The molecule has 0 aromatic heterocycles. The van der Waals surface area contributed by atoms with Crippen LogP contribution in [-0.2, 0) is 0 Å². The summed E-state index contributed by atoms with van der Waals surface area (Å²) in [6, 6.07) is 13.3. The summed E-state index contributed by atoms with van der Waals surface area (Å²) < 4.78 is 0. The Morgan fingerprint density at radius 2 is 1.82 bits per heavy atom. The molecule has 1 aliphatic rings. The number of anilines is 1. The Labute approximate surface area is 102 Å². The van der Waals surface area contributed by atoms with Crippen molar-refractivity contribution in [3.8, 4) is 0 Å². The van der Waals surface area contributed by atoms with E-state index >= 15 is 0 Å². The van der Waals surface area contributed by atoms with Gasteiger partial charge in [-0.3, -0.25) is 0 Å². The van der Waals surface area contributed by atoms with Crippen molar-refractivity contribution >= 4 is 16.5 Å². The lowest BCUT2D eigenvalue weighted by atomic mass is 10.0. The number of nitrogens with one attached hydrogen (secondary N) is 1. The Kier molecular flexibility index (Phi) is 2.73. The fourth-order valence-electron chi connectivity index (χ4n) is 2.59. The second kappa shape index (κ2) is 4.38. The summed E-state index contributed by atoms with van der Waals surface area (Å²) in [6.07, 6.45) is 0. The summed E-state index contributed by atoms with van der Waals surface area (Å²) in [4.78, 5) is 2.47. The van der Waals surface area contributed by atoms with Crippen molar-refractivity contribution in [3.05, 3.63) is 42.0 Å². The predicted octanol–water partition coefficient (Wildman–Crippen LogP) is 2.56. The van der Waals surface area contributed by atoms with Crippen molar-refractivity contribution in [2.75, 3.05) is 31.1 Å². The summed E-state index contributed by atoms with van der Waals surface area (Å²) >= 11 is 0. The third-order valence-electron chi connectivity index (χ3n) is 3.54. The largest absolute Gasteiger partial charge is 0.369 e. The fraction of sp³-hybridized carbons (Fsp3) is 0.333. The molecule has 1 aliphatic heterocycles. The van der Waals surface area contributed by atoms with Crippen LogP contribution in [0.4, 0.5) is 5.69 Å². The lowest BCUT2D eigenvalue weighted by Crippen LogP contribution is -2.43. The Morgan fingerprint density at radius 3 is 2.65 bits per heavy atom. The average molecular weight is 226 g/mol. The van der Waals surface area contributed by atoms with Crippen LogP contribution >= 0.6 is 0 Å². The van der Waals surface area contributed by atoms with Crippen LogP contribution in [0.15, 0.2) is 36.4 Å². The summed E-state index contributed by atoms with van der Waals surface area (Å²) in [7, 11) is 0. The summed E-state index contributed by atoms with van der Waals surface area (Å²) in [5.41, 5.74) is 2.74. The van der Waals surface area contributed by atoms with Crippen LogP contribution in [0, 0.1) is 6.92 Å². The SMILES string of the molecule is Cc1cc(N2CCNCC2)cc2ccccc12. The molecule has 0 atom stereocenters. The Balaban J connectivity index is 2.05. The molecule has 17 heavy (non-hydrogen) atoms. The van der Waals surface area contributed by atoms with Crippen molar-refractivity contribution in [1.29, 1.82) is 0 Å². The van der Waals surface area contributed by atoms with Gasteiger partial charge in [-0.2, -0.15) is 0 Å². The van der Waals surface area contributed by atoms with Gasteiger partial charge in [0.25, 0.3) is 0 Å². The highest BCUT2D eigenvalue weighted by atomic mass is 15.2. The van der Waals surface area contributed by atoms with E-state index in [4.69, 9.17) is 0 Å². The normalized spacial score (nSPS) is 16.4. The molecule has 88 valence electrons. The number of benzene rings is 2. The second-order valence-corrected chi connectivity index (χ2v) is 4.72. The maximum Gasteiger partial charge on any atom is 0.0376 e. The van der Waals surface area contributed by atoms with Gasteiger partial charge >= 0.3 is 0 Å². The number of piperazine rings is 1. The molecular formula is C15H18N2. The number of fused-ring (bicyclic) bond motifs is 1. The molecule has 1 fully saturated rings. The molecule has 0 radical (unpaired) electrons. The van der Waals surface area contributed by atoms with Gasteiger partial charge in [-0.25, -0.2) is 0 Å². The van der Waals surface area contributed by atoms with Crippen LogP contribution in [0.5, 0.6) is 0 Å². The number of nitrogens with zero attached hydrogens (tertiary/aromatic N) is 1. The molecule has 1 heterocycles. The first-order valence-corrected chi connectivity index (χ1v) is 6.30. The zero-order valence-electron chi connectivity index (χ0n) is 10.2. The first-order valence-electron chi connectivity index (χ1n) is 6.30. The minimum absolute atomic E-state index is 1.09. The number of hydrogen-bond acceptors (Lipinski definition) is 2. The van der Waals surface area contributed by atoms with Crippen LogP contribution < -0.4 is 10.2 Å². The highest BCUT2D eigenvalue weighted by Crippen LogP contribution is 2.25. The van der Waals surface area contributed by atoms with E-state index in [2.05, 4.69) is 53.5 Å². The molecule has 2 heteroatoms. The molecule has 0 bridgehead atoms. The molecule has 0 aliphatic carbocycles. The van der Waals surface area contributed by atoms with Gasteiger partial charge < -0.3 is 10.2 Å². The van der Waals surface area contributed by atoms with E-state index in [1.807, 2.05) is 0 Å². The quantitative estimate of drug-likeness (QED) is 0.804. The molecule has 2 aromatic rings. The van der Waals surface area contributed by atoms with Gasteiger partial charge in [-0.05, 0) is 35.4 Å². The molecular weight excluding hydrogens is 208 g/mol. The second-order valence-electron chi connectivity index (χ2n) is 4.72. The number of aryl methyl sites for hydroxylation is 1. The number of rotatable bonds is 1.